The third kappa shape index (κ3) is 6.02. The van der Waals surface area contributed by atoms with Crippen LogP contribution in [-0.4, -0.2) is 36.0 Å². The van der Waals surface area contributed by atoms with Crippen LogP contribution in [-0.2, 0) is 22.5 Å². The Morgan fingerprint density at radius 3 is 2.15 bits per heavy atom. The van der Waals surface area contributed by atoms with Crippen LogP contribution in [0.2, 0.25) is 5.02 Å². The number of carbonyl (C=O) groups excluding carboxylic acids is 2. The Hall–Kier alpha value is -4.06. The first-order valence-corrected chi connectivity index (χ1v) is 12.5. The van der Waals surface area contributed by atoms with Crippen LogP contribution < -0.4 is 4.90 Å². The molecule has 13 heteroatoms. The van der Waals surface area contributed by atoms with Crippen LogP contribution >= 0.6 is 11.6 Å². The molecule has 41 heavy (non-hydrogen) atoms. The SMILES string of the molecule is CCOC(=O)N(C(=O)N1CC(C)(c2ccccc2)C(c2ccc(C(F)(F)F)c(Cl)c2)=N1)c1ccc(C(F)(F)F)cc1. The Morgan fingerprint density at radius 1 is 0.976 bits per heavy atom. The summed E-state index contributed by atoms with van der Waals surface area (Å²) >= 11 is 5.98. The van der Waals surface area contributed by atoms with Gasteiger partial charge in [-0.25, -0.2) is 14.6 Å². The van der Waals surface area contributed by atoms with Crippen molar-refractivity contribution in [2.75, 3.05) is 18.1 Å². The third-order valence-electron chi connectivity index (χ3n) is 6.48. The van der Waals surface area contributed by atoms with Gasteiger partial charge in [0.25, 0.3) is 0 Å². The molecule has 1 aliphatic heterocycles. The number of ether oxygens (including phenoxy) is 1. The van der Waals surface area contributed by atoms with Crippen LogP contribution in [0.25, 0.3) is 0 Å². The van der Waals surface area contributed by atoms with Gasteiger partial charge in [0.1, 0.15) is 0 Å². The highest BCUT2D eigenvalue weighted by Gasteiger charge is 2.45. The predicted octanol–water partition coefficient (Wildman–Crippen LogP) is 8.14. The van der Waals surface area contributed by atoms with Gasteiger partial charge in [-0.15, -0.1) is 0 Å². The summed E-state index contributed by atoms with van der Waals surface area (Å²) < 4.78 is 84.3. The molecule has 0 bridgehead atoms. The summed E-state index contributed by atoms with van der Waals surface area (Å²) in [6, 6.07) is 14.1. The van der Waals surface area contributed by atoms with Crippen molar-refractivity contribution in [2.24, 2.45) is 5.10 Å². The summed E-state index contributed by atoms with van der Waals surface area (Å²) in [5.74, 6) is 0. The lowest BCUT2D eigenvalue weighted by atomic mass is 9.76. The smallest absolute Gasteiger partial charge is 0.422 e. The minimum Gasteiger partial charge on any atom is -0.449 e. The molecule has 216 valence electrons. The normalized spacial score (nSPS) is 17.3. The summed E-state index contributed by atoms with van der Waals surface area (Å²) in [5, 5.41) is 4.74. The molecule has 0 saturated heterocycles. The number of hydrazone groups is 1. The molecule has 0 aliphatic carbocycles. The van der Waals surface area contributed by atoms with Crippen molar-refractivity contribution in [3.63, 3.8) is 0 Å². The first kappa shape index (κ1) is 29.9. The number of urea groups is 1. The molecule has 1 heterocycles. The summed E-state index contributed by atoms with van der Waals surface area (Å²) in [4.78, 5) is 27.1. The maximum absolute atomic E-state index is 13.7. The maximum atomic E-state index is 13.7. The van der Waals surface area contributed by atoms with Gasteiger partial charge >= 0.3 is 24.5 Å². The Kier molecular flexibility index (Phi) is 8.08. The fraction of sp³-hybridized carbons (Fsp3) is 0.250. The average molecular weight is 598 g/mol. The molecule has 3 aromatic rings. The van der Waals surface area contributed by atoms with Crippen molar-refractivity contribution in [3.8, 4) is 0 Å². The topological polar surface area (TPSA) is 62.2 Å². The van der Waals surface area contributed by atoms with E-state index < -0.39 is 46.0 Å². The number of benzene rings is 3. The van der Waals surface area contributed by atoms with Gasteiger partial charge in [0.05, 0.1) is 46.1 Å². The zero-order valence-corrected chi connectivity index (χ0v) is 22.3. The Balaban J connectivity index is 1.80. The largest absolute Gasteiger partial charge is 0.449 e. The zero-order chi connectivity index (χ0) is 30.2. The number of rotatable bonds is 4. The molecule has 0 N–H and O–H groups in total. The first-order chi connectivity index (χ1) is 19.2. The van der Waals surface area contributed by atoms with Gasteiger partial charge in [-0.05, 0) is 55.8 Å². The van der Waals surface area contributed by atoms with Crippen LogP contribution in [0.15, 0.2) is 77.9 Å². The standard InChI is InChI=1S/C28H22ClF6N3O3/c1-3-41-25(40)38(20-12-10-19(11-13-20)27(30,31)32)24(39)37-16-26(2,18-7-5-4-6-8-18)23(36-37)17-9-14-21(22(29)15-17)28(33,34)35/h4-15H,3,16H2,1-2H3. The summed E-state index contributed by atoms with van der Waals surface area (Å²) in [6.07, 6.45) is -10.5. The van der Waals surface area contributed by atoms with E-state index in [1.54, 1.807) is 37.3 Å². The second-order valence-corrected chi connectivity index (χ2v) is 9.67. The average Bonchev–Trinajstić information content (AvgIpc) is 3.27. The van der Waals surface area contributed by atoms with Gasteiger partial charge in [-0.2, -0.15) is 36.3 Å². The van der Waals surface area contributed by atoms with Gasteiger partial charge in [-0.3, -0.25) is 0 Å². The first-order valence-electron chi connectivity index (χ1n) is 12.1. The number of carbonyl (C=O) groups is 2. The lowest BCUT2D eigenvalue weighted by Gasteiger charge is -2.29. The number of hydrogen-bond acceptors (Lipinski definition) is 4. The summed E-state index contributed by atoms with van der Waals surface area (Å²) in [7, 11) is 0. The molecule has 3 amide bonds. The Morgan fingerprint density at radius 2 is 1.61 bits per heavy atom. The number of nitrogens with zero attached hydrogens (tertiary/aromatic N) is 3. The van der Waals surface area contributed by atoms with E-state index in [2.05, 4.69) is 5.10 Å². The van der Waals surface area contributed by atoms with Crippen molar-refractivity contribution in [3.05, 3.63) is 100 Å². The fourth-order valence-corrected chi connectivity index (χ4v) is 4.74. The minimum atomic E-state index is -4.69. The van der Waals surface area contributed by atoms with Crippen LogP contribution in [0.5, 0.6) is 0 Å². The molecule has 1 aliphatic rings. The summed E-state index contributed by atoms with van der Waals surface area (Å²) in [6.45, 7) is 2.90. The maximum Gasteiger partial charge on any atom is 0.422 e. The molecule has 4 rings (SSSR count). The number of amides is 3. The molecule has 1 unspecified atom stereocenters. The lowest BCUT2D eigenvalue weighted by Crippen LogP contribution is -2.46. The van der Waals surface area contributed by atoms with Crippen molar-refractivity contribution in [2.45, 2.75) is 31.6 Å². The lowest BCUT2D eigenvalue weighted by molar-refractivity contribution is -0.138. The molecule has 3 aromatic carbocycles. The van der Waals surface area contributed by atoms with Crippen molar-refractivity contribution >= 4 is 35.1 Å². The molecule has 0 fully saturated rings. The second kappa shape index (κ2) is 11.1. The highest BCUT2D eigenvalue weighted by molar-refractivity contribution is 6.32. The monoisotopic (exact) mass is 597 g/mol. The predicted molar refractivity (Wildman–Crippen MR) is 140 cm³/mol. The molecule has 6 nitrogen and oxygen atoms in total. The van der Waals surface area contributed by atoms with E-state index in [0.717, 1.165) is 29.3 Å². The van der Waals surface area contributed by atoms with Crippen molar-refractivity contribution in [1.82, 2.24) is 5.01 Å². The molecule has 1 atom stereocenters. The highest BCUT2D eigenvalue weighted by atomic mass is 35.5. The van der Waals surface area contributed by atoms with Crippen LogP contribution in [0.4, 0.5) is 41.6 Å². The highest BCUT2D eigenvalue weighted by Crippen LogP contribution is 2.40. The summed E-state index contributed by atoms with van der Waals surface area (Å²) in [5.41, 5.74) is -2.29. The van der Waals surface area contributed by atoms with E-state index in [0.29, 0.717) is 22.6 Å². The van der Waals surface area contributed by atoms with Gasteiger partial charge in [0.2, 0.25) is 0 Å². The molecule has 0 spiro atoms. The van der Waals surface area contributed by atoms with Crippen molar-refractivity contribution in [1.29, 1.82) is 0 Å². The number of anilines is 1. The molecule has 0 aromatic heterocycles. The van der Waals surface area contributed by atoms with Crippen molar-refractivity contribution < 1.29 is 40.7 Å². The number of hydrogen-bond donors (Lipinski definition) is 0. The minimum absolute atomic E-state index is 0.135. The van der Waals surface area contributed by atoms with Crippen LogP contribution in [0.3, 0.4) is 0 Å². The van der Waals surface area contributed by atoms with E-state index in [-0.39, 0.29) is 30.1 Å². The van der Waals surface area contributed by atoms with E-state index >= 15 is 0 Å². The van der Waals surface area contributed by atoms with E-state index in [1.807, 2.05) is 0 Å². The number of alkyl halides is 6. The van der Waals surface area contributed by atoms with Gasteiger partial charge in [-0.1, -0.05) is 48.0 Å². The third-order valence-corrected chi connectivity index (χ3v) is 6.80. The van der Waals surface area contributed by atoms with Gasteiger partial charge in [0.15, 0.2) is 0 Å². The quantitative estimate of drug-likeness (QED) is 0.285. The zero-order valence-electron chi connectivity index (χ0n) is 21.6. The van der Waals surface area contributed by atoms with E-state index in [9.17, 15) is 35.9 Å². The fourth-order valence-electron chi connectivity index (χ4n) is 4.45. The Labute approximate surface area is 235 Å². The molecule has 0 saturated carbocycles. The molecular formula is C28H22ClF6N3O3. The molecular weight excluding hydrogens is 576 g/mol. The Bertz CT molecular complexity index is 1480. The molecule has 0 radical (unpaired) electrons. The second-order valence-electron chi connectivity index (χ2n) is 9.26. The van der Waals surface area contributed by atoms with Crippen LogP contribution in [0.1, 0.15) is 36.1 Å². The number of halogens is 7. The van der Waals surface area contributed by atoms with E-state index in [1.165, 1.54) is 13.0 Å². The van der Waals surface area contributed by atoms with Gasteiger partial charge in [0, 0.05) is 5.56 Å². The van der Waals surface area contributed by atoms with Crippen LogP contribution in [0, 0.1) is 0 Å². The van der Waals surface area contributed by atoms with Gasteiger partial charge < -0.3 is 4.74 Å². The van der Waals surface area contributed by atoms with E-state index in [4.69, 9.17) is 16.3 Å². The number of imide groups is 1.